The molecule has 0 aromatic rings. The fourth-order valence-electron chi connectivity index (χ4n) is 1.77. The summed E-state index contributed by atoms with van der Waals surface area (Å²) in [6.45, 7) is 1.52. The second-order valence-electron chi connectivity index (χ2n) is 4.13. The lowest BCUT2D eigenvalue weighted by molar-refractivity contribution is -0.131. The number of hydrogen-bond donors (Lipinski definition) is 1. The second kappa shape index (κ2) is 6.20. The number of nitrogens with zero attached hydrogens (tertiary/aromatic N) is 1. The van der Waals surface area contributed by atoms with Crippen LogP contribution in [-0.2, 0) is 14.6 Å². The lowest BCUT2D eigenvalue weighted by Crippen LogP contribution is -2.33. The molecule has 1 amide bonds. The van der Waals surface area contributed by atoms with Crippen LogP contribution < -0.4 is 5.73 Å². The van der Waals surface area contributed by atoms with Gasteiger partial charge in [0.2, 0.25) is 5.91 Å². The number of sulfone groups is 1. The second-order valence-corrected chi connectivity index (χ2v) is 6.44. The van der Waals surface area contributed by atoms with Crippen molar-refractivity contribution in [1.82, 2.24) is 4.90 Å². The van der Waals surface area contributed by atoms with Crippen LogP contribution in [-0.4, -0.2) is 50.4 Å². The van der Waals surface area contributed by atoms with Gasteiger partial charge in [-0.3, -0.25) is 4.79 Å². The van der Waals surface area contributed by atoms with E-state index in [0.29, 0.717) is 32.5 Å². The van der Waals surface area contributed by atoms with E-state index in [-0.39, 0.29) is 17.4 Å². The molecule has 2 N–H and O–H groups in total. The van der Waals surface area contributed by atoms with E-state index in [0.717, 1.165) is 12.8 Å². The Morgan fingerprint density at radius 1 is 1.19 bits per heavy atom. The quantitative estimate of drug-likeness (QED) is 0.696. The number of carbonyl (C=O) groups is 1. The summed E-state index contributed by atoms with van der Waals surface area (Å²) in [5.74, 6) is 0.375. The van der Waals surface area contributed by atoms with Crippen LogP contribution in [0.25, 0.3) is 0 Å². The fourth-order valence-corrected chi connectivity index (χ4v) is 3.04. The van der Waals surface area contributed by atoms with Gasteiger partial charge in [0.25, 0.3) is 0 Å². The summed E-state index contributed by atoms with van der Waals surface area (Å²) in [5, 5.41) is 0. The molecule has 0 aromatic heterocycles. The predicted molar refractivity (Wildman–Crippen MR) is 62.8 cm³/mol. The van der Waals surface area contributed by atoms with Crippen molar-refractivity contribution in [2.24, 2.45) is 5.73 Å². The number of rotatable bonds is 4. The first-order valence-electron chi connectivity index (χ1n) is 5.73. The first kappa shape index (κ1) is 13.4. The number of unbranched alkanes of at least 4 members (excludes halogenated alkanes) is 1. The van der Waals surface area contributed by atoms with Crippen molar-refractivity contribution in [2.75, 3.05) is 31.1 Å². The highest BCUT2D eigenvalue weighted by molar-refractivity contribution is 7.91. The van der Waals surface area contributed by atoms with Crippen LogP contribution in [0.5, 0.6) is 0 Å². The predicted octanol–water partition coefficient (Wildman–Crippen LogP) is -0.237. The van der Waals surface area contributed by atoms with Gasteiger partial charge in [0, 0.05) is 19.5 Å². The van der Waals surface area contributed by atoms with Crippen LogP contribution in [0, 0.1) is 0 Å². The lowest BCUT2D eigenvalue weighted by Gasteiger charge is -2.19. The Labute approximate surface area is 96.9 Å². The maximum absolute atomic E-state index is 11.7. The Hall–Kier alpha value is -0.620. The zero-order valence-electron chi connectivity index (χ0n) is 9.52. The number of hydrogen-bond acceptors (Lipinski definition) is 4. The van der Waals surface area contributed by atoms with Gasteiger partial charge < -0.3 is 10.6 Å². The molecule has 0 spiro atoms. The van der Waals surface area contributed by atoms with Gasteiger partial charge in [0.15, 0.2) is 9.84 Å². The average molecular weight is 248 g/mol. The van der Waals surface area contributed by atoms with Crippen molar-refractivity contribution in [2.45, 2.75) is 25.7 Å². The van der Waals surface area contributed by atoms with Gasteiger partial charge in [-0.05, 0) is 25.8 Å². The molecule has 1 aliphatic rings. The third-order valence-corrected chi connectivity index (χ3v) is 4.47. The first-order valence-corrected chi connectivity index (χ1v) is 7.55. The molecule has 5 nitrogen and oxygen atoms in total. The third-order valence-electron chi connectivity index (χ3n) is 2.75. The van der Waals surface area contributed by atoms with E-state index in [1.54, 1.807) is 4.90 Å². The van der Waals surface area contributed by atoms with Gasteiger partial charge in [-0.15, -0.1) is 0 Å². The molecule has 0 atom stereocenters. The smallest absolute Gasteiger partial charge is 0.222 e. The summed E-state index contributed by atoms with van der Waals surface area (Å²) in [4.78, 5) is 13.4. The summed E-state index contributed by atoms with van der Waals surface area (Å²) >= 11 is 0. The summed E-state index contributed by atoms with van der Waals surface area (Å²) in [6.07, 6.45) is 2.68. The van der Waals surface area contributed by atoms with Crippen LogP contribution >= 0.6 is 0 Å². The van der Waals surface area contributed by atoms with E-state index in [1.807, 2.05) is 0 Å². The zero-order chi connectivity index (χ0) is 12.0. The van der Waals surface area contributed by atoms with Crippen molar-refractivity contribution < 1.29 is 13.2 Å². The van der Waals surface area contributed by atoms with Crippen molar-refractivity contribution in [3.05, 3.63) is 0 Å². The highest BCUT2D eigenvalue weighted by Gasteiger charge is 2.21. The van der Waals surface area contributed by atoms with E-state index >= 15 is 0 Å². The molecular weight excluding hydrogens is 228 g/mol. The molecule has 1 saturated heterocycles. The molecule has 0 aromatic carbocycles. The van der Waals surface area contributed by atoms with E-state index in [2.05, 4.69) is 0 Å². The van der Waals surface area contributed by atoms with E-state index in [4.69, 9.17) is 5.73 Å². The van der Waals surface area contributed by atoms with E-state index in [9.17, 15) is 13.2 Å². The van der Waals surface area contributed by atoms with Crippen LogP contribution in [0.15, 0.2) is 0 Å². The summed E-state index contributed by atoms with van der Waals surface area (Å²) in [6, 6.07) is 0. The molecule has 0 saturated carbocycles. The molecule has 0 bridgehead atoms. The lowest BCUT2D eigenvalue weighted by atomic mass is 10.2. The molecule has 94 valence electrons. The SMILES string of the molecule is NCCCCC(=O)N1CCCS(=O)(=O)CC1. The minimum Gasteiger partial charge on any atom is -0.342 e. The first-order chi connectivity index (χ1) is 7.55. The number of amides is 1. The van der Waals surface area contributed by atoms with Gasteiger partial charge >= 0.3 is 0 Å². The molecule has 1 fully saturated rings. The molecule has 1 rings (SSSR count). The highest BCUT2D eigenvalue weighted by atomic mass is 32.2. The average Bonchev–Trinajstić information content (AvgIpc) is 2.39. The maximum Gasteiger partial charge on any atom is 0.222 e. The monoisotopic (exact) mass is 248 g/mol. The van der Waals surface area contributed by atoms with Crippen molar-refractivity contribution in [3.63, 3.8) is 0 Å². The third kappa shape index (κ3) is 4.49. The molecule has 0 unspecified atom stereocenters. The Balaban J connectivity index is 2.39. The molecule has 1 aliphatic heterocycles. The van der Waals surface area contributed by atoms with Crippen molar-refractivity contribution in [1.29, 1.82) is 0 Å². The Morgan fingerprint density at radius 2 is 1.94 bits per heavy atom. The zero-order valence-corrected chi connectivity index (χ0v) is 10.3. The molecule has 6 heteroatoms. The summed E-state index contributed by atoms with van der Waals surface area (Å²) in [7, 11) is -2.92. The molecule has 0 radical (unpaired) electrons. The Kier molecular flexibility index (Phi) is 5.21. The van der Waals surface area contributed by atoms with E-state index < -0.39 is 9.84 Å². The molecule has 1 heterocycles. The van der Waals surface area contributed by atoms with Gasteiger partial charge in [-0.1, -0.05) is 0 Å². The van der Waals surface area contributed by atoms with Crippen LogP contribution in [0.4, 0.5) is 0 Å². The summed E-state index contributed by atoms with van der Waals surface area (Å²) < 4.78 is 22.7. The number of nitrogens with two attached hydrogens (primary N) is 1. The van der Waals surface area contributed by atoms with E-state index in [1.165, 1.54) is 0 Å². The Bertz CT molecular complexity index is 327. The minimum absolute atomic E-state index is 0.0607. The molecule has 0 aliphatic carbocycles. The van der Waals surface area contributed by atoms with Crippen molar-refractivity contribution in [3.8, 4) is 0 Å². The van der Waals surface area contributed by atoms with Gasteiger partial charge in [-0.25, -0.2) is 8.42 Å². The maximum atomic E-state index is 11.7. The number of carbonyl (C=O) groups excluding carboxylic acids is 1. The standard InChI is InChI=1S/C10H20N2O3S/c11-5-2-1-4-10(13)12-6-3-8-16(14,15)9-7-12/h1-9,11H2. The highest BCUT2D eigenvalue weighted by Crippen LogP contribution is 2.08. The minimum atomic E-state index is -2.92. The normalized spacial score (nSPS) is 20.4. The molecular formula is C10H20N2O3S. The summed E-state index contributed by atoms with van der Waals surface area (Å²) in [5.41, 5.74) is 5.35. The van der Waals surface area contributed by atoms with Crippen LogP contribution in [0.1, 0.15) is 25.7 Å². The van der Waals surface area contributed by atoms with Crippen molar-refractivity contribution >= 4 is 15.7 Å². The Morgan fingerprint density at radius 3 is 2.62 bits per heavy atom. The van der Waals surface area contributed by atoms with Gasteiger partial charge in [0.1, 0.15) is 0 Å². The fraction of sp³-hybridized carbons (Fsp3) is 0.900. The molecule has 16 heavy (non-hydrogen) atoms. The van der Waals surface area contributed by atoms with Crippen LogP contribution in [0.2, 0.25) is 0 Å². The van der Waals surface area contributed by atoms with Gasteiger partial charge in [-0.2, -0.15) is 0 Å². The van der Waals surface area contributed by atoms with Crippen LogP contribution in [0.3, 0.4) is 0 Å². The topological polar surface area (TPSA) is 80.5 Å². The van der Waals surface area contributed by atoms with Gasteiger partial charge in [0.05, 0.1) is 11.5 Å². The largest absolute Gasteiger partial charge is 0.342 e.